The second-order valence-electron chi connectivity index (χ2n) is 7.54. The van der Waals surface area contributed by atoms with Gasteiger partial charge >= 0.3 is 5.97 Å². The summed E-state index contributed by atoms with van der Waals surface area (Å²) in [6.07, 6.45) is -0.515. The summed E-state index contributed by atoms with van der Waals surface area (Å²) in [5.41, 5.74) is 0.971. The number of nitrogens with one attached hydrogen (secondary N) is 1. The third-order valence-electron chi connectivity index (χ3n) is 5.24. The predicted molar refractivity (Wildman–Crippen MR) is 113 cm³/mol. The van der Waals surface area contributed by atoms with Gasteiger partial charge in [0, 0.05) is 13.1 Å². The summed E-state index contributed by atoms with van der Waals surface area (Å²) in [5.74, 6) is -2.30. The summed E-state index contributed by atoms with van der Waals surface area (Å²) in [4.78, 5) is 24.9. The lowest BCUT2D eigenvalue weighted by atomic mass is 9.98. The average Bonchev–Trinajstić information content (AvgIpc) is 2.75. The minimum atomic E-state index is -3.62. The van der Waals surface area contributed by atoms with Gasteiger partial charge in [0.2, 0.25) is 10.0 Å². The summed E-state index contributed by atoms with van der Waals surface area (Å²) < 4.78 is 45.8. The Kier molecular flexibility index (Phi) is 7.07. The average molecular weight is 449 g/mol. The van der Waals surface area contributed by atoms with E-state index in [1.165, 1.54) is 29.4 Å². The third kappa shape index (κ3) is 5.48. The van der Waals surface area contributed by atoms with Crippen molar-refractivity contribution in [2.45, 2.75) is 37.7 Å². The van der Waals surface area contributed by atoms with Crippen molar-refractivity contribution >= 4 is 27.6 Å². The molecular formula is C22H25FN2O5S. The molecule has 31 heavy (non-hydrogen) atoms. The Bertz CT molecular complexity index is 1050. The fourth-order valence-electron chi connectivity index (χ4n) is 3.31. The molecule has 2 aromatic rings. The van der Waals surface area contributed by atoms with Crippen molar-refractivity contribution in [3.63, 3.8) is 0 Å². The number of benzene rings is 2. The molecule has 0 bridgehead atoms. The summed E-state index contributed by atoms with van der Waals surface area (Å²) >= 11 is 0. The number of carbonyl (C=O) groups excluding carboxylic acids is 2. The van der Waals surface area contributed by atoms with Gasteiger partial charge in [-0.1, -0.05) is 29.8 Å². The van der Waals surface area contributed by atoms with Crippen LogP contribution in [0.3, 0.4) is 0 Å². The maximum atomic E-state index is 13.7. The van der Waals surface area contributed by atoms with Gasteiger partial charge in [-0.3, -0.25) is 9.59 Å². The Labute approximate surface area is 181 Å². The van der Waals surface area contributed by atoms with E-state index in [1.807, 2.05) is 6.92 Å². The second kappa shape index (κ2) is 9.57. The maximum Gasteiger partial charge on any atom is 0.309 e. The van der Waals surface area contributed by atoms with Gasteiger partial charge in [-0.15, -0.1) is 0 Å². The number of anilines is 1. The molecule has 1 heterocycles. The van der Waals surface area contributed by atoms with Crippen LogP contribution in [-0.2, 0) is 24.3 Å². The minimum absolute atomic E-state index is 0.00465. The molecular weight excluding hydrogens is 423 g/mol. The van der Waals surface area contributed by atoms with Crippen LogP contribution in [0.5, 0.6) is 0 Å². The van der Waals surface area contributed by atoms with Crippen LogP contribution in [0.2, 0.25) is 0 Å². The van der Waals surface area contributed by atoms with Gasteiger partial charge in [-0.2, -0.15) is 4.31 Å². The monoisotopic (exact) mass is 448 g/mol. The third-order valence-corrected chi connectivity index (χ3v) is 7.15. The largest absolute Gasteiger partial charge is 0.452 e. The SMILES string of the molecule is Cc1ccc(S(=O)(=O)N2CCC(C(=O)OC(C)C(=O)Nc3ccccc3F)CC2)cc1. The van der Waals surface area contributed by atoms with Crippen molar-refractivity contribution in [2.75, 3.05) is 18.4 Å². The van der Waals surface area contributed by atoms with Gasteiger partial charge in [0.05, 0.1) is 16.5 Å². The Morgan fingerprint density at radius 3 is 2.32 bits per heavy atom. The van der Waals surface area contributed by atoms with Crippen molar-refractivity contribution in [3.8, 4) is 0 Å². The van der Waals surface area contributed by atoms with Crippen molar-refractivity contribution < 1.29 is 27.1 Å². The highest BCUT2D eigenvalue weighted by atomic mass is 32.2. The van der Waals surface area contributed by atoms with Crippen LogP contribution in [0.1, 0.15) is 25.3 Å². The molecule has 1 amide bonds. The van der Waals surface area contributed by atoms with Crippen molar-refractivity contribution in [3.05, 3.63) is 59.9 Å². The zero-order chi connectivity index (χ0) is 22.6. The van der Waals surface area contributed by atoms with Crippen LogP contribution in [0, 0.1) is 18.7 Å². The Hall–Kier alpha value is -2.78. The molecule has 1 saturated heterocycles. The van der Waals surface area contributed by atoms with Gasteiger partial charge in [0.1, 0.15) is 5.82 Å². The van der Waals surface area contributed by atoms with E-state index in [0.29, 0.717) is 12.8 Å². The number of piperidine rings is 1. The van der Waals surface area contributed by atoms with Gasteiger partial charge in [-0.25, -0.2) is 12.8 Å². The molecule has 166 valence electrons. The number of esters is 1. The fourth-order valence-corrected chi connectivity index (χ4v) is 4.78. The molecule has 1 unspecified atom stereocenters. The van der Waals surface area contributed by atoms with Crippen LogP contribution in [0.4, 0.5) is 10.1 Å². The first-order chi connectivity index (χ1) is 14.7. The normalized spacial score (nSPS) is 16.5. The van der Waals surface area contributed by atoms with Gasteiger partial charge in [-0.05, 0) is 51.0 Å². The van der Waals surface area contributed by atoms with Crippen LogP contribution < -0.4 is 5.32 Å². The quantitative estimate of drug-likeness (QED) is 0.686. The number of hydrogen-bond donors (Lipinski definition) is 1. The first-order valence-electron chi connectivity index (χ1n) is 10.0. The summed E-state index contributed by atoms with van der Waals surface area (Å²) in [5, 5.41) is 2.39. The van der Waals surface area contributed by atoms with E-state index >= 15 is 0 Å². The molecule has 1 fully saturated rings. The first kappa shape index (κ1) is 22.9. The van der Waals surface area contributed by atoms with Crippen molar-refractivity contribution in [1.82, 2.24) is 4.31 Å². The number of nitrogens with zero attached hydrogens (tertiary/aromatic N) is 1. The smallest absolute Gasteiger partial charge is 0.309 e. The Morgan fingerprint density at radius 2 is 1.71 bits per heavy atom. The molecule has 0 saturated carbocycles. The van der Waals surface area contributed by atoms with E-state index in [0.717, 1.165) is 5.56 Å². The summed E-state index contributed by atoms with van der Waals surface area (Å²) in [6, 6.07) is 12.3. The molecule has 0 aromatic heterocycles. The number of carbonyl (C=O) groups is 2. The highest BCUT2D eigenvalue weighted by molar-refractivity contribution is 7.89. The maximum absolute atomic E-state index is 13.7. The highest BCUT2D eigenvalue weighted by Gasteiger charge is 2.34. The molecule has 9 heteroatoms. The molecule has 2 aromatic carbocycles. The standard InChI is InChI=1S/C22H25FN2O5S/c1-15-7-9-18(10-8-15)31(28,29)25-13-11-17(12-14-25)22(27)30-16(2)21(26)24-20-6-4-3-5-19(20)23/h3-10,16-17H,11-14H2,1-2H3,(H,24,26). The molecule has 3 rings (SSSR count). The molecule has 1 atom stereocenters. The number of sulfonamides is 1. The number of ether oxygens (including phenoxy) is 1. The van der Waals surface area contributed by atoms with Crippen molar-refractivity contribution in [2.24, 2.45) is 5.92 Å². The summed E-state index contributed by atoms with van der Waals surface area (Å²) in [7, 11) is -3.62. The number of hydrogen-bond acceptors (Lipinski definition) is 5. The highest BCUT2D eigenvalue weighted by Crippen LogP contribution is 2.25. The molecule has 7 nitrogen and oxygen atoms in total. The molecule has 0 aliphatic carbocycles. The number of rotatable bonds is 6. The van der Waals surface area contributed by atoms with Crippen LogP contribution in [-0.4, -0.2) is 43.8 Å². The van der Waals surface area contributed by atoms with E-state index in [4.69, 9.17) is 4.74 Å². The van der Waals surface area contributed by atoms with Crippen LogP contribution in [0.15, 0.2) is 53.4 Å². The number of aryl methyl sites for hydroxylation is 1. The zero-order valence-electron chi connectivity index (χ0n) is 17.4. The van der Waals surface area contributed by atoms with E-state index < -0.39 is 39.7 Å². The number of halogens is 1. The predicted octanol–water partition coefficient (Wildman–Crippen LogP) is 3.11. The molecule has 0 spiro atoms. The van der Waals surface area contributed by atoms with E-state index in [1.54, 1.807) is 30.3 Å². The molecule has 0 radical (unpaired) electrons. The van der Waals surface area contributed by atoms with Gasteiger partial charge in [0.15, 0.2) is 6.10 Å². The Morgan fingerprint density at radius 1 is 1.10 bits per heavy atom. The van der Waals surface area contributed by atoms with Crippen LogP contribution in [0.25, 0.3) is 0 Å². The van der Waals surface area contributed by atoms with Gasteiger partial charge < -0.3 is 10.1 Å². The van der Waals surface area contributed by atoms with Crippen molar-refractivity contribution in [1.29, 1.82) is 0 Å². The topological polar surface area (TPSA) is 92.8 Å². The second-order valence-corrected chi connectivity index (χ2v) is 9.48. The number of para-hydroxylation sites is 1. The molecule has 1 aliphatic heterocycles. The molecule has 1 N–H and O–H groups in total. The fraction of sp³-hybridized carbons (Fsp3) is 0.364. The van der Waals surface area contributed by atoms with E-state index in [2.05, 4.69) is 5.32 Å². The lowest BCUT2D eigenvalue weighted by molar-refractivity contribution is -0.158. The lowest BCUT2D eigenvalue weighted by Gasteiger charge is -2.30. The Balaban J connectivity index is 1.53. The number of amides is 1. The van der Waals surface area contributed by atoms with E-state index in [-0.39, 0.29) is 23.7 Å². The first-order valence-corrected chi connectivity index (χ1v) is 11.4. The lowest BCUT2D eigenvalue weighted by Crippen LogP contribution is -2.41. The zero-order valence-corrected chi connectivity index (χ0v) is 18.2. The minimum Gasteiger partial charge on any atom is -0.452 e. The molecule has 1 aliphatic rings. The van der Waals surface area contributed by atoms with Gasteiger partial charge in [0.25, 0.3) is 5.91 Å². The van der Waals surface area contributed by atoms with Crippen LogP contribution >= 0.6 is 0 Å². The van der Waals surface area contributed by atoms with E-state index in [9.17, 15) is 22.4 Å². The summed E-state index contributed by atoms with van der Waals surface area (Å²) in [6.45, 7) is 3.66.